The van der Waals surface area contributed by atoms with E-state index in [0.29, 0.717) is 12.1 Å². The molecule has 1 saturated carbocycles. The van der Waals surface area contributed by atoms with Gasteiger partial charge in [0.2, 0.25) is 0 Å². The van der Waals surface area contributed by atoms with Crippen molar-refractivity contribution in [3.63, 3.8) is 0 Å². The molecule has 2 heteroatoms. The van der Waals surface area contributed by atoms with Crippen molar-refractivity contribution in [3.05, 3.63) is 0 Å². The second-order valence-corrected chi connectivity index (χ2v) is 2.90. The van der Waals surface area contributed by atoms with Crippen molar-refractivity contribution < 1.29 is 0 Å². The molecule has 1 aliphatic heterocycles. The molecule has 1 fully saturated rings. The van der Waals surface area contributed by atoms with E-state index in [-0.39, 0.29) is 0 Å². The lowest BCUT2D eigenvalue weighted by Crippen LogP contribution is -2.34. The lowest BCUT2D eigenvalue weighted by molar-refractivity contribution is 0.385. The number of fused-ring (bicyclic) bond motifs is 1. The van der Waals surface area contributed by atoms with Gasteiger partial charge in [-0.25, -0.2) is 0 Å². The van der Waals surface area contributed by atoms with Crippen LogP contribution < -0.4 is 5.32 Å². The zero-order valence-electron chi connectivity index (χ0n) is 5.51. The zero-order chi connectivity index (χ0) is 6.10. The summed E-state index contributed by atoms with van der Waals surface area (Å²) in [6.45, 7) is 0. The molecule has 0 bridgehead atoms. The van der Waals surface area contributed by atoms with Gasteiger partial charge in [0, 0.05) is 6.04 Å². The Morgan fingerprint density at radius 3 is 3.11 bits per heavy atom. The van der Waals surface area contributed by atoms with Gasteiger partial charge < -0.3 is 5.32 Å². The van der Waals surface area contributed by atoms with E-state index in [0.717, 1.165) is 0 Å². The van der Waals surface area contributed by atoms with Gasteiger partial charge in [-0.1, -0.05) is 12.8 Å². The fourth-order valence-corrected chi connectivity index (χ4v) is 1.72. The van der Waals surface area contributed by atoms with Crippen LogP contribution in [0.2, 0.25) is 0 Å². The summed E-state index contributed by atoms with van der Waals surface area (Å²) in [5, 5.41) is 3.27. The molecule has 0 spiro atoms. The van der Waals surface area contributed by atoms with Crippen LogP contribution in [0.5, 0.6) is 0 Å². The molecule has 2 atom stereocenters. The lowest BCUT2D eigenvalue weighted by atomic mass is 9.92. The first-order valence-corrected chi connectivity index (χ1v) is 3.74. The van der Waals surface area contributed by atoms with E-state index >= 15 is 0 Å². The summed E-state index contributed by atoms with van der Waals surface area (Å²) < 4.78 is 0. The largest absolute Gasteiger partial charge is 0.372 e. The van der Waals surface area contributed by atoms with E-state index in [1.165, 1.54) is 25.7 Å². The molecule has 2 nitrogen and oxygen atoms in total. The highest BCUT2D eigenvalue weighted by Crippen LogP contribution is 2.22. The molecule has 0 unspecified atom stereocenters. The molecule has 2 aliphatic rings. The highest BCUT2D eigenvalue weighted by atomic mass is 15.1. The highest BCUT2D eigenvalue weighted by molar-refractivity contribution is 5.58. The molecular formula is C7H12N2. The van der Waals surface area contributed by atoms with E-state index < -0.39 is 0 Å². The van der Waals surface area contributed by atoms with Crippen LogP contribution >= 0.6 is 0 Å². The Labute approximate surface area is 55.4 Å². The molecule has 0 saturated heterocycles. The summed E-state index contributed by atoms with van der Waals surface area (Å²) in [6, 6.07) is 1.32. The Morgan fingerprint density at radius 1 is 1.33 bits per heavy atom. The molecule has 0 radical (unpaired) electrons. The van der Waals surface area contributed by atoms with E-state index in [4.69, 9.17) is 0 Å². The van der Waals surface area contributed by atoms with Crippen LogP contribution in [0.1, 0.15) is 25.7 Å². The van der Waals surface area contributed by atoms with Crippen LogP contribution in [0.4, 0.5) is 0 Å². The minimum absolute atomic E-state index is 0.624. The summed E-state index contributed by atoms with van der Waals surface area (Å²) in [5.74, 6) is 0. The molecule has 0 aromatic heterocycles. The normalized spacial score (nSPS) is 40.0. The van der Waals surface area contributed by atoms with E-state index in [2.05, 4.69) is 10.3 Å². The van der Waals surface area contributed by atoms with Crippen molar-refractivity contribution in [2.24, 2.45) is 4.99 Å². The monoisotopic (exact) mass is 124 g/mol. The van der Waals surface area contributed by atoms with Crippen molar-refractivity contribution in [2.75, 3.05) is 0 Å². The average Bonchev–Trinajstić information content (AvgIpc) is 2.33. The third-order valence-corrected chi connectivity index (χ3v) is 2.28. The maximum absolute atomic E-state index is 4.32. The van der Waals surface area contributed by atoms with Gasteiger partial charge >= 0.3 is 0 Å². The number of rotatable bonds is 0. The standard InChI is InChI=1S/C7H12N2/c1-2-4-7-6(3-1)8-5-9-7/h5-7H,1-4H2,(H,8,9)/t6-,7-/m0/s1. The van der Waals surface area contributed by atoms with Gasteiger partial charge in [-0.05, 0) is 12.8 Å². The predicted molar refractivity (Wildman–Crippen MR) is 37.7 cm³/mol. The van der Waals surface area contributed by atoms with E-state index in [1.807, 2.05) is 6.34 Å². The Morgan fingerprint density at radius 2 is 2.22 bits per heavy atom. The Balaban J connectivity index is 2.03. The number of nitrogens with one attached hydrogen (secondary N) is 1. The molecule has 1 heterocycles. The average molecular weight is 124 g/mol. The molecule has 1 N–H and O–H groups in total. The van der Waals surface area contributed by atoms with Gasteiger partial charge in [-0.2, -0.15) is 0 Å². The molecule has 0 amide bonds. The van der Waals surface area contributed by atoms with E-state index in [9.17, 15) is 0 Å². The van der Waals surface area contributed by atoms with Crippen LogP contribution in [0.25, 0.3) is 0 Å². The zero-order valence-corrected chi connectivity index (χ0v) is 5.51. The Bertz CT molecular complexity index is 131. The topological polar surface area (TPSA) is 24.4 Å². The lowest BCUT2D eigenvalue weighted by Gasteiger charge is -2.22. The first kappa shape index (κ1) is 5.27. The number of aliphatic imine (C=N–C) groups is 1. The molecule has 0 aromatic carbocycles. The first-order valence-electron chi connectivity index (χ1n) is 3.74. The summed E-state index contributed by atoms with van der Waals surface area (Å²) >= 11 is 0. The minimum atomic E-state index is 0.624. The van der Waals surface area contributed by atoms with Crippen LogP contribution in [-0.4, -0.2) is 18.4 Å². The molecule has 1 aliphatic carbocycles. The minimum Gasteiger partial charge on any atom is -0.372 e. The van der Waals surface area contributed by atoms with Crippen molar-refractivity contribution >= 4 is 6.34 Å². The number of hydrogen-bond acceptors (Lipinski definition) is 2. The van der Waals surface area contributed by atoms with Crippen LogP contribution in [-0.2, 0) is 0 Å². The third-order valence-electron chi connectivity index (χ3n) is 2.28. The van der Waals surface area contributed by atoms with E-state index in [1.54, 1.807) is 0 Å². The summed E-state index contributed by atoms with van der Waals surface area (Å²) in [4.78, 5) is 4.32. The molecule has 0 aromatic rings. The highest BCUT2D eigenvalue weighted by Gasteiger charge is 2.25. The molecule has 9 heavy (non-hydrogen) atoms. The molecular weight excluding hydrogens is 112 g/mol. The van der Waals surface area contributed by atoms with Gasteiger partial charge in [0.25, 0.3) is 0 Å². The Kier molecular flexibility index (Phi) is 1.18. The van der Waals surface area contributed by atoms with Gasteiger partial charge in [0.1, 0.15) is 0 Å². The maximum Gasteiger partial charge on any atom is 0.0831 e. The van der Waals surface area contributed by atoms with Gasteiger partial charge in [0.15, 0.2) is 0 Å². The van der Waals surface area contributed by atoms with Gasteiger partial charge in [-0.3, -0.25) is 4.99 Å². The quantitative estimate of drug-likeness (QED) is 0.510. The van der Waals surface area contributed by atoms with Crippen LogP contribution in [0.15, 0.2) is 4.99 Å². The summed E-state index contributed by atoms with van der Waals surface area (Å²) in [5.41, 5.74) is 0. The van der Waals surface area contributed by atoms with Crippen LogP contribution in [0.3, 0.4) is 0 Å². The second kappa shape index (κ2) is 2.01. The summed E-state index contributed by atoms with van der Waals surface area (Å²) in [6.07, 6.45) is 7.26. The smallest absolute Gasteiger partial charge is 0.0831 e. The maximum atomic E-state index is 4.32. The first-order chi connectivity index (χ1) is 4.47. The second-order valence-electron chi connectivity index (χ2n) is 2.90. The third kappa shape index (κ3) is 0.824. The van der Waals surface area contributed by atoms with Crippen molar-refractivity contribution in [2.45, 2.75) is 37.8 Å². The SMILES string of the molecule is C1=N[C@H]2CCCC[C@@H]2N1. The van der Waals surface area contributed by atoms with Gasteiger partial charge in [-0.15, -0.1) is 0 Å². The number of hydrogen-bond donors (Lipinski definition) is 1. The van der Waals surface area contributed by atoms with Crippen molar-refractivity contribution in [3.8, 4) is 0 Å². The van der Waals surface area contributed by atoms with Crippen molar-refractivity contribution in [1.29, 1.82) is 0 Å². The molecule has 2 rings (SSSR count). The molecule has 50 valence electrons. The van der Waals surface area contributed by atoms with Gasteiger partial charge in [0.05, 0.1) is 12.4 Å². The number of nitrogens with zero attached hydrogens (tertiary/aromatic N) is 1. The Hall–Kier alpha value is -0.530. The summed E-state index contributed by atoms with van der Waals surface area (Å²) in [7, 11) is 0. The van der Waals surface area contributed by atoms with Crippen molar-refractivity contribution in [1.82, 2.24) is 5.32 Å². The fourth-order valence-electron chi connectivity index (χ4n) is 1.72. The van der Waals surface area contributed by atoms with Crippen LogP contribution in [0, 0.1) is 0 Å². The fraction of sp³-hybridized carbons (Fsp3) is 0.857. The predicted octanol–water partition coefficient (Wildman–Crippen LogP) is 0.929.